The molecule has 2 unspecified atom stereocenters. The molecule has 0 aliphatic carbocycles. The van der Waals surface area contributed by atoms with Gasteiger partial charge in [-0.15, -0.1) is 0 Å². The molecule has 0 spiro atoms. The van der Waals surface area contributed by atoms with E-state index in [0.29, 0.717) is 23.9 Å². The van der Waals surface area contributed by atoms with E-state index in [1.165, 1.54) is 161 Å². The zero-order valence-electron chi connectivity index (χ0n) is 48.7. The topological polar surface area (TPSA) is 111 Å². The van der Waals surface area contributed by atoms with Crippen molar-refractivity contribution in [2.24, 2.45) is 0 Å². The molecule has 428 valence electrons. The summed E-state index contributed by atoms with van der Waals surface area (Å²) in [5, 5.41) is 11.7. The van der Waals surface area contributed by atoms with Gasteiger partial charge in [0.15, 0.2) is 12.4 Å². The van der Waals surface area contributed by atoms with E-state index in [0.717, 1.165) is 70.6 Å². The number of hydrogen-bond donors (Lipinski definition) is 0. The van der Waals surface area contributed by atoms with Crippen LogP contribution in [0.5, 0.6) is 0 Å². The highest BCUT2D eigenvalue weighted by molar-refractivity contribution is 5.70. The summed E-state index contributed by atoms with van der Waals surface area (Å²) in [6.07, 6.45) is 70.1. The number of carbonyl (C=O) groups is 3. The van der Waals surface area contributed by atoms with Crippen molar-refractivity contribution in [1.82, 2.24) is 0 Å². The van der Waals surface area contributed by atoms with Crippen LogP contribution in [0.2, 0.25) is 0 Å². The van der Waals surface area contributed by atoms with Crippen LogP contribution in [0.4, 0.5) is 0 Å². The Kier molecular flexibility index (Phi) is 53.5. The quantitative estimate of drug-likeness (QED) is 0.0195. The molecule has 0 saturated heterocycles. The van der Waals surface area contributed by atoms with Crippen LogP contribution in [0.3, 0.4) is 0 Å². The van der Waals surface area contributed by atoms with Crippen LogP contribution in [0, 0.1) is 0 Å². The number of allylic oxidation sites excluding steroid dienone is 12. The van der Waals surface area contributed by atoms with E-state index >= 15 is 0 Å². The highest BCUT2D eigenvalue weighted by atomic mass is 16.7. The molecular formula is C65H115NO8. The van der Waals surface area contributed by atoms with Crippen molar-refractivity contribution >= 4 is 17.9 Å². The molecule has 0 saturated carbocycles. The minimum absolute atomic E-state index is 0.149. The molecule has 9 heteroatoms. The summed E-state index contributed by atoms with van der Waals surface area (Å²) in [7, 11) is 5.92. The van der Waals surface area contributed by atoms with Crippen LogP contribution in [0.15, 0.2) is 72.9 Å². The van der Waals surface area contributed by atoms with E-state index in [2.05, 4.69) is 86.8 Å². The van der Waals surface area contributed by atoms with Crippen molar-refractivity contribution in [3.8, 4) is 0 Å². The fourth-order valence-corrected chi connectivity index (χ4v) is 8.54. The van der Waals surface area contributed by atoms with Crippen LogP contribution in [-0.2, 0) is 33.3 Å². The van der Waals surface area contributed by atoms with Crippen LogP contribution < -0.4 is 5.11 Å². The first-order valence-electron chi connectivity index (χ1n) is 30.6. The predicted octanol–water partition coefficient (Wildman–Crippen LogP) is 16.8. The van der Waals surface area contributed by atoms with Gasteiger partial charge in [0.25, 0.3) is 0 Å². The Hall–Kier alpha value is -3.27. The standard InChI is InChI=1S/C65H115NO8/c1-6-8-10-12-14-16-17-18-19-20-21-22-23-24-25-26-27-28-29-30-31-32-33-34-35-36-37-38-39-40-41-42-43-44-45-46-47-48-50-52-54-56-63(68)74-61(60-73-65(64(69)70)71-58-57-66(3,4)5)59-72-62(67)55-53-51-49-15-13-11-9-7-2/h8,10,14,16,18-19,21-22,24-25,27-28,61,65H,6-7,9,11-13,15,17,20,23,26,29-60H2,1-5H3/b10-8-,16-14-,19-18-,22-21-,25-24-,28-27-. The second kappa shape index (κ2) is 55.9. The summed E-state index contributed by atoms with van der Waals surface area (Å²) in [5.74, 6) is -2.28. The number of ether oxygens (including phenoxy) is 4. The van der Waals surface area contributed by atoms with E-state index in [-0.39, 0.29) is 32.2 Å². The van der Waals surface area contributed by atoms with Gasteiger partial charge in [-0.1, -0.05) is 260 Å². The molecular weight excluding hydrogens is 923 g/mol. The number of nitrogens with zero attached hydrogens (tertiary/aromatic N) is 1. The summed E-state index contributed by atoms with van der Waals surface area (Å²) in [4.78, 5) is 37.0. The SMILES string of the molecule is CC/C=C\C/C=C\C/C=C\C/C=C\C/C=C\C/C=C\CCCCCCCCCCCCCCCCCCCCCCCCC(=O)OC(COC(=O)CCCCCCCCCC)COC(OCC[N+](C)(C)C)C(=O)[O-]. The van der Waals surface area contributed by atoms with Crippen molar-refractivity contribution < 1.29 is 42.9 Å². The van der Waals surface area contributed by atoms with Crippen LogP contribution in [0.1, 0.15) is 264 Å². The molecule has 74 heavy (non-hydrogen) atoms. The third-order valence-electron chi connectivity index (χ3n) is 13.2. The largest absolute Gasteiger partial charge is 0.545 e. The molecule has 0 aromatic carbocycles. The van der Waals surface area contributed by atoms with Gasteiger partial charge in [-0.2, -0.15) is 0 Å². The molecule has 0 aliphatic rings. The third-order valence-corrected chi connectivity index (χ3v) is 13.2. The van der Waals surface area contributed by atoms with Crippen molar-refractivity contribution in [1.29, 1.82) is 0 Å². The molecule has 0 radical (unpaired) electrons. The smallest absolute Gasteiger partial charge is 0.306 e. The molecule has 0 rings (SSSR count). The average Bonchev–Trinajstić information content (AvgIpc) is 3.37. The molecule has 0 bridgehead atoms. The predicted molar refractivity (Wildman–Crippen MR) is 311 cm³/mol. The van der Waals surface area contributed by atoms with Gasteiger partial charge in [-0.25, -0.2) is 0 Å². The second-order valence-electron chi connectivity index (χ2n) is 21.6. The maximum absolute atomic E-state index is 12.8. The monoisotopic (exact) mass is 1040 g/mol. The van der Waals surface area contributed by atoms with Gasteiger partial charge < -0.3 is 33.3 Å². The molecule has 2 atom stereocenters. The number of carbonyl (C=O) groups excluding carboxylic acids is 3. The molecule has 0 aliphatic heterocycles. The number of rotatable bonds is 56. The Balaban J connectivity index is 3.86. The normalized spacial score (nSPS) is 13.3. The van der Waals surface area contributed by atoms with Crippen LogP contribution in [0.25, 0.3) is 0 Å². The Morgan fingerprint density at radius 1 is 0.419 bits per heavy atom. The Labute approximate surface area is 456 Å². The number of carboxylic acids is 1. The first-order chi connectivity index (χ1) is 36.1. The fourth-order valence-electron chi connectivity index (χ4n) is 8.54. The van der Waals surface area contributed by atoms with E-state index in [4.69, 9.17) is 18.9 Å². The minimum atomic E-state index is -1.62. The summed E-state index contributed by atoms with van der Waals surface area (Å²) < 4.78 is 22.6. The Morgan fingerprint density at radius 2 is 0.770 bits per heavy atom. The zero-order chi connectivity index (χ0) is 54.1. The van der Waals surface area contributed by atoms with Gasteiger partial charge in [0, 0.05) is 12.8 Å². The van der Waals surface area contributed by atoms with Gasteiger partial charge in [0.2, 0.25) is 0 Å². The molecule has 0 aromatic rings. The van der Waals surface area contributed by atoms with Gasteiger partial charge in [-0.3, -0.25) is 9.59 Å². The summed E-state index contributed by atoms with van der Waals surface area (Å²) in [6.45, 7) is 4.61. The minimum Gasteiger partial charge on any atom is -0.545 e. The number of esters is 2. The van der Waals surface area contributed by atoms with Crippen molar-refractivity contribution in [3.63, 3.8) is 0 Å². The number of quaternary nitrogens is 1. The summed E-state index contributed by atoms with van der Waals surface area (Å²) in [5.41, 5.74) is 0. The molecule has 0 fully saturated rings. The number of aliphatic carboxylic acids is 1. The van der Waals surface area contributed by atoms with Crippen LogP contribution in [-0.4, -0.2) is 82.3 Å². The third kappa shape index (κ3) is 56.5. The van der Waals surface area contributed by atoms with E-state index in [1.54, 1.807) is 0 Å². The maximum Gasteiger partial charge on any atom is 0.306 e. The van der Waals surface area contributed by atoms with E-state index in [9.17, 15) is 19.5 Å². The Bertz CT molecular complexity index is 1440. The van der Waals surface area contributed by atoms with Crippen molar-refractivity contribution in [3.05, 3.63) is 72.9 Å². The Morgan fingerprint density at radius 3 is 1.15 bits per heavy atom. The lowest BCUT2D eigenvalue weighted by molar-refractivity contribution is -0.870. The van der Waals surface area contributed by atoms with Gasteiger partial charge in [-0.05, 0) is 64.2 Å². The zero-order valence-corrected chi connectivity index (χ0v) is 48.7. The van der Waals surface area contributed by atoms with Gasteiger partial charge >= 0.3 is 11.9 Å². The lowest BCUT2D eigenvalue weighted by Crippen LogP contribution is -2.44. The molecule has 0 amide bonds. The summed E-state index contributed by atoms with van der Waals surface area (Å²) in [6, 6.07) is 0. The lowest BCUT2D eigenvalue weighted by atomic mass is 10.0. The highest BCUT2D eigenvalue weighted by Gasteiger charge is 2.22. The molecule has 0 aromatic heterocycles. The molecule has 0 N–H and O–H groups in total. The maximum atomic E-state index is 12.8. The number of likely N-dealkylation sites (N-methyl/N-ethyl adjacent to an activating group) is 1. The van der Waals surface area contributed by atoms with Crippen molar-refractivity contribution in [2.75, 3.05) is 47.5 Å². The first kappa shape index (κ1) is 70.7. The molecule has 9 nitrogen and oxygen atoms in total. The lowest BCUT2D eigenvalue weighted by Gasteiger charge is -2.26. The van der Waals surface area contributed by atoms with E-state index < -0.39 is 24.3 Å². The van der Waals surface area contributed by atoms with Gasteiger partial charge in [0.05, 0.1) is 40.3 Å². The highest BCUT2D eigenvalue weighted by Crippen LogP contribution is 2.17. The first-order valence-corrected chi connectivity index (χ1v) is 30.6. The summed E-state index contributed by atoms with van der Waals surface area (Å²) >= 11 is 0. The number of carboxylic acid groups (broad SMARTS) is 1. The average molecular weight is 1040 g/mol. The van der Waals surface area contributed by atoms with Crippen LogP contribution >= 0.6 is 0 Å². The number of hydrogen-bond acceptors (Lipinski definition) is 8. The fraction of sp³-hybridized carbons (Fsp3) is 0.769. The second-order valence-corrected chi connectivity index (χ2v) is 21.6. The van der Waals surface area contributed by atoms with Gasteiger partial charge in [0.1, 0.15) is 13.2 Å². The van der Waals surface area contributed by atoms with E-state index in [1.807, 2.05) is 21.1 Å². The van der Waals surface area contributed by atoms with Crippen molar-refractivity contribution in [2.45, 2.75) is 277 Å². The molecule has 0 heterocycles. The number of unbranched alkanes of at least 4 members (excludes halogenated alkanes) is 29.